The van der Waals surface area contributed by atoms with Crippen molar-refractivity contribution in [3.05, 3.63) is 70.4 Å². The summed E-state index contributed by atoms with van der Waals surface area (Å²) in [5.41, 5.74) is -0.119. The van der Waals surface area contributed by atoms with E-state index in [2.05, 4.69) is 4.98 Å². The predicted molar refractivity (Wildman–Crippen MR) is 74.3 cm³/mol. The van der Waals surface area contributed by atoms with Crippen molar-refractivity contribution in [2.45, 2.75) is 0 Å². The lowest BCUT2D eigenvalue weighted by Crippen LogP contribution is -2.27. The topological polar surface area (TPSA) is 72.2 Å². The molecule has 3 rings (SSSR count). The van der Waals surface area contributed by atoms with Crippen molar-refractivity contribution in [2.24, 2.45) is 0 Å². The van der Waals surface area contributed by atoms with Crippen LogP contribution in [0.5, 0.6) is 0 Å². The van der Waals surface area contributed by atoms with Crippen molar-refractivity contribution in [3.63, 3.8) is 0 Å². The quantitative estimate of drug-likeness (QED) is 0.783. The molecular weight excluding hydrogens is 275 g/mol. The monoisotopic (exact) mass is 284 g/mol. The van der Waals surface area contributed by atoms with Gasteiger partial charge in [-0.05, 0) is 36.4 Å². The number of hydrogen-bond donors (Lipinski definition) is 1. The molecule has 0 amide bonds. The molecule has 1 N–H and O–H groups in total. The summed E-state index contributed by atoms with van der Waals surface area (Å²) in [6, 6.07) is 11.9. The Morgan fingerprint density at radius 3 is 2.43 bits per heavy atom. The maximum Gasteiger partial charge on any atom is 0.360 e. The molecule has 0 aliphatic heterocycles. The van der Waals surface area contributed by atoms with Gasteiger partial charge in [0, 0.05) is 5.69 Å². The highest BCUT2D eigenvalue weighted by molar-refractivity contribution is 5.88. The molecule has 0 bridgehead atoms. The van der Waals surface area contributed by atoms with E-state index in [1.165, 1.54) is 28.8 Å². The van der Waals surface area contributed by atoms with Crippen LogP contribution in [0, 0.1) is 5.82 Å². The van der Waals surface area contributed by atoms with Crippen LogP contribution in [0.4, 0.5) is 4.39 Å². The summed E-state index contributed by atoms with van der Waals surface area (Å²) in [5.74, 6) is -1.84. The molecule has 0 aliphatic carbocycles. The molecule has 0 unspecified atom stereocenters. The molecule has 0 aliphatic rings. The van der Waals surface area contributed by atoms with E-state index in [4.69, 9.17) is 5.11 Å². The molecule has 5 nitrogen and oxygen atoms in total. The number of carboxylic acid groups (broad SMARTS) is 1. The number of aromatic carboxylic acids is 1. The van der Waals surface area contributed by atoms with Gasteiger partial charge in [0.2, 0.25) is 5.69 Å². The number of carboxylic acids is 1. The number of hydrogen-bond acceptors (Lipinski definition) is 3. The summed E-state index contributed by atoms with van der Waals surface area (Å²) in [7, 11) is 0. The smallest absolute Gasteiger partial charge is 0.360 e. The molecule has 1 aromatic heterocycles. The highest BCUT2D eigenvalue weighted by Gasteiger charge is 2.17. The Kier molecular flexibility index (Phi) is 2.98. The second kappa shape index (κ2) is 4.82. The van der Waals surface area contributed by atoms with E-state index in [9.17, 15) is 14.0 Å². The van der Waals surface area contributed by atoms with Crippen LogP contribution in [0.25, 0.3) is 16.7 Å². The Labute approximate surface area is 117 Å². The molecule has 0 spiro atoms. The first kappa shape index (κ1) is 13.0. The minimum Gasteiger partial charge on any atom is -0.476 e. The first-order valence-corrected chi connectivity index (χ1v) is 6.09. The van der Waals surface area contributed by atoms with Gasteiger partial charge in [-0.15, -0.1) is 0 Å². The van der Waals surface area contributed by atoms with Gasteiger partial charge >= 0.3 is 5.97 Å². The third kappa shape index (κ3) is 2.16. The first-order chi connectivity index (χ1) is 10.1. The molecule has 0 fully saturated rings. The van der Waals surface area contributed by atoms with Crippen molar-refractivity contribution in [2.75, 3.05) is 0 Å². The number of benzene rings is 2. The third-order valence-electron chi connectivity index (χ3n) is 3.05. The van der Waals surface area contributed by atoms with E-state index in [0.29, 0.717) is 16.7 Å². The van der Waals surface area contributed by atoms with E-state index in [0.717, 1.165) is 0 Å². The van der Waals surface area contributed by atoms with Gasteiger partial charge in [0.25, 0.3) is 5.56 Å². The van der Waals surface area contributed by atoms with Gasteiger partial charge in [0.1, 0.15) is 5.82 Å². The van der Waals surface area contributed by atoms with Crippen LogP contribution in [0.1, 0.15) is 10.5 Å². The number of nitrogens with zero attached hydrogens (tertiary/aromatic N) is 2. The molecule has 1 heterocycles. The van der Waals surface area contributed by atoms with Crippen molar-refractivity contribution in [3.8, 4) is 5.69 Å². The molecular formula is C15H9FN2O3. The Bertz CT molecular complexity index is 901. The minimum atomic E-state index is -1.40. The second-order valence-electron chi connectivity index (χ2n) is 4.37. The van der Waals surface area contributed by atoms with Crippen LogP contribution in [0.15, 0.2) is 53.3 Å². The number of carbonyl (C=O) groups is 1. The molecule has 2 aromatic carbocycles. The summed E-state index contributed by atoms with van der Waals surface area (Å²) in [4.78, 5) is 27.4. The average Bonchev–Trinajstić information content (AvgIpc) is 2.48. The van der Waals surface area contributed by atoms with Crippen LogP contribution in [-0.4, -0.2) is 20.6 Å². The Hall–Kier alpha value is -3.02. The van der Waals surface area contributed by atoms with Crippen molar-refractivity contribution >= 4 is 17.0 Å². The maximum atomic E-state index is 13.0. The zero-order chi connectivity index (χ0) is 15.0. The van der Waals surface area contributed by atoms with Gasteiger partial charge in [-0.1, -0.05) is 12.1 Å². The summed E-state index contributed by atoms with van der Waals surface area (Å²) in [6.45, 7) is 0. The van der Waals surface area contributed by atoms with E-state index in [1.54, 1.807) is 24.3 Å². The normalized spacial score (nSPS) is 10.7. The Morgan fingerprint density at radius 1 is 1.10 bits per heavy atom. The molecule has 0 saturated heterocycles. The van der Waals surface area contributed by atoms with Gasteiger partial charge < -0.3 is 5.11 Å². The number of halogens is 1. The average molecular weight is 284 g/mol. The predicted octanol–water partition coefficient (Wildman–Crippen LogP) is 2.22. The van der Waals surface area contributed by atoms with Crippen LogP contribution >= 0.6 is 0 Å². The third-order valence-corrected chi connectivity index (χ3v) is 3.05. The molecule has 6 heteroatoms. The molecule has 104 valence electrons. The fourth-order valence-electron chi connectivity index (χ4n) is 2.12. The van der Waals surface area contributed by atoms with Gasteiger partial charge in [0.15, 0.2) is 0 Å². The fraction of sp³-hybridized carbons (Fsp3) is 0. The molecule has 0 atom stereocenters. The summed E-state index contributed by atoms with van der Waals surface area (Å²) >= 11 is 0. The van der Waals surface area contributed by atoms with Crippen molar-refractivity contribution in [1.82, 2.24) is 9.55 Å². The van der Waals surface area contributed by atoms with Gasteiger partial charge in [-0.3, -0.25) is 9.36 Å². The highest BCUT2D eigenvalue weighted by atomic mass is 19.1. The van der Waals surface area contributed by atoms with E-state index < -0.39 is 23.0 Å². The lowest BCUT2D eigenvalue weighted by atomic mass is 10.2. The second-order valence-corrected chi connectivity index (χ2v) is 4.37. The Balaban J connectivity index is 2.44. The SMILES string of the molecule is O=C(O)c1nc2ccccc2n(-c2ccc(F)cc2)c1=O. The van der Waals surface area contributed by atoms with Gasteiger partial charge in [-0.25, -0.2) is 14.2 Å². The van der Waals surface area contributed by atoms with Crippen molar-refractivity contribution in [1.29, 1.82) is 0 Å². The van der Waals surface area contributed by atoms with Crippen LogP contribution < -0.4 is 5.56 Å². The van der Waals surface area contributed by atoms with Crippen LogP contribution in [-0.2, 0) is 0 Å². The van der Waals surface area contributed by atoms with Gasteiger partial charge in [0.05, 0.1) is 11.0 Å². The Morgan fingerprint density at radius 2 is 1.76 bits per heavy atom. The minimum absolute atomic E-state index is 0.374. The number of aromatic nitrogens is 2. The summed E-state index contributed by atoms with van der Waals surface area (Å²) in [5, 5.41) is 9.10. The number of fused-ring (bicyclic) bond motifs is 1. The van der Waals surface area contributed by atoms with E-state index in [1.807, 2.05) is 0 Å². The molecule has 21 heavy (non-hydrogen) atoms. The molecule has 0 radical (unpaired) electrons. The zero-order valence-corrected chi connectivity index (χ0v) is 10.7. The van der Waals surface area contributed by atoms with Crippen molar-refractivity contribution < 1.29 is 14.3 Å². The van der Waals surface area contributed by atoms with Crippen LogP contribution in [0.2, 0.25) is 0 Å². The summed E-state index contributed by atoms with van der Waals surface area (Å²) < 4.78 is 14.2. The standard InChI is InChI=1S/C15H9FN2O3/c16-9-5-7-10(8-6-9)18-12-4-2-1-3-11(12)17-13(14(18)19)15(20)21/h1-8H,(H,20,21). The van der Waals surface area contributed by atoms with Gasteiger partial charge in [-0.2, -0.15) is 0 Å². The zero-order valence-electron chi connectivity index (χ0n) is 10.7. The maximum absolute atomic E-state index is 13.0. The first-order valence-electron chi connectivity index (χ1n) is 6.09. The molecule has 0 saturated carbocycles. The number of para-hydroxylation sites is 2. The fourth-order valence-corrected chi connectivity index (χ4v) is 2.12. The van der Waals surface area contributed by atoms with E-state index in [-0.39, 0.29) is 0 Å². The lowest BCUT2D eigenvalue weighted by Gasteiger charge is -2.10. The summed E-state index contributed by atoms with van der Waals surface area (Å²) in [6.07, 6.45) is 0. The van der Waals surface area contributed by atoms with E-state index >= 15 is 0 Å². The number of rotatable bonds is 2. The lowest BCUT2D eigenvalue weighted by molar-refractivity contribution is 0.0688. The molecule has 3 aromatic rings. The largest absolute Gasteiger partial charge is 0.476 e. The van der Waals surface area contributed by atoms with Crippen LogP contribution in [0.3, 0.4) is 0 Å². The highest BCUT2D eigenvalue weighted by Crippen LogP contribution is 2.15.